The average Bonchev–Trinajstić information content (AvgIpc) is 3.38. The molecule has 0 spiro atoms. The maximum atomic E-state index is 14.2. The Morgan fingerprint density at radius 1 is 1.17 bits per heavy atom. The lowest BCUT2D eigenvalue weighted by molar-refractivity contribution is 0.0925. The van der Waals surface area contributed by atoms with Gasteiger partial charge in [-0.3, -0.25) is 9.79 Å². The van der Waals surface area contributed by atoms with Crippen molar-refractivity contribution < 1.29 is 13.6 Å². The van der Waals surface area contributed by atoms with Gasteiger partial charge in [0.15, 0.2) is 11.7 Å². The van der Waals surface area contributed by atoms with Crippen molar-refractivity contribution in [1.82, 2.24) is 16.0 Å². The first-order valence-corrected chi connectivity index (χ1v) is 10.2. The average molecular weight is 400 g/mol. The lowest BCUT2D eigenvalue weighted by Crippen LogP contribution is -2.39. The maximum absolute atomic E-state index is 14.2. The van der Waals surface area contributed by atoms with Crippen LogP contribution in [0, 0.1) is 12.7 Å². The van der Waals surface area contributed by atoms with E-state index in [2.05, 4.69) is 20.9 Å². The van der Waals surface area contributed by atoms with E-state index in [9.17, 15) is 9.18 Å². The second-order valence-corrected chi connectivity index (χ2v) is 7.42. The lowest BCUT2D eigenvalue weighted by Gasteiger charge is -2.16. The van der Waals surface area contributed by atoms with E-state index in [-0.39, 0.29) is 17.1 Å². The van der Waals surface area contributed by atoms with E-state index in [0.717, 1.165) is 36.9 Å². The van der Waals surface area contributed by atoms with Crippen LogP contribution in [0.25, 0.3) is 0 Å². The maximum Gasteiger partial charge on any atom is 0.287 e. The summed E-state index contributed by atoms with van der Waals surface area (Å²) < 4.78 is 19.3. The number of aliphatic imine (C=N–C) groups is 1. The third kappa shape index (κ3) is 5.37. The van der Waals surface area contributed by atoms with Crippen LogP contribution in [0.5, 0.6) is 0 Å². The van der Waals surface area contributed by atoms with Crippen molar-refractivity contribution in [1.29, 1.82) is 0 Å². The second kappa shape index (κ2) is 9.58. The summed E-state index contributed by atoms with van der Waals surface area (Å²) in [5.41, 5.74) is 1.41. The molecule has 1 aromatic heterocycles. The number of amides is 1. The van der Waals surface area contributed by atoms with Crippen molar-refractivity contribution in [2.75, 3.05) is 26.2 Å². The third-order valence-electron chi connectivity index (χ3n) is 5.18. The molecule has 1 aromatic carbocycles. The number of carbonyl (C=O) groups is 1. The molecule has 0 aliphatic heterocycles. The van der Waals surface area contributed by atoms with E-state index in [0.29, 0.717) is 31.4 Å². The van der Waals surface area contributed by atoms with Gasteiger partial charge in [-0.15, -0.1) is 0 Å². The van der Waals surface area contributed by atoms with E-state index in [1.165, 1.54) is 12.3 Å². The van der Waals surface area contributed by atoms with Gasteiger partial charge in [-0.25, -0.2) is 4.39 Å². The summed E-state index contributed by atoms with van der Waals surface area (Å²) in [5.74, 6) is 0.716. The quantitative estimate of drug-likeness (QED) is 0.343. The van der Waals surface area contributed by atoms with Crippen molar-refractivity contribution >= 4 is 11.9 Å². The number of nitrogens with zero attached hydrogens (tertiary/aromatic N) is 1. The first-order chi connectivity index (χ1) is 14.1. The zero-order chi connectivity index (χ0) is 20.7. The predicted molar refractivity (Wildman–Crippen MR) is 112 cm³/mol. The number of rotatable bonds is 9. The topological polar surface area (TPSA) is 78.7 Å². The number of carbonyl (C=O) groups excluding carboxylic acids is 1. The lowest BCUT2D eigenvalue weighted by atomic mass is 9.95. The molecule has 1 aliphatic carbocycles. The highest BCUT2D eigenvalue weighted by atomic mass is 19.1. The Labute approximate surface area is 171 Å². The zero-order valence-electron chi connectivity index (χ0n) is 17.1. The van der Waals surface area contributed by atoms with E-state index in [1.807, 2.05) is 26.0 Å². The van der Waals surface area contributed by atoms with Gasteiger partial charge in [-0.2, -0.15) is 0 Å². The molecule has 0 saturated heterocycles. The molecule has 1 fully saturated rings. The fourth-order valence-electron chi connectivity index (χ4n) is 3.31. The van der Waals surface area contributed by atoms with Gasteiger partial charge < -0.3 is 20.4 Å². The van der Waals surface area contributed by atoms with E-state index < -0.39 is 0 Å². The predicted octanol–water partition coefficient (Wildman–Crippen LogP) is 3.13. The Kier molecular flexibility index (Phi) is 6.90. The molecule has 0 unspecified atom stereocenters. The fourth-order valence-corrected chi connectivity index (χ4v) is 3.31. The molecular formula is C22H29FN4O2. The number of furan rings is 1. The summed E-state index contributed by atoms with van der Waals surface area (Å²) in [4.78, 5) is 16.7. The Morgan fingerprint density at radius 3 is 2.59 bits per heavy atom. The molecule has 1 aliphatic rings. The molecule has 3 rings (SSSR count). The molecule has 6 nitrogen and oxygen atoms in total. The summed E-state index contributed by atoms with van der Waals surface area (Å²) in [7, 11) is 0. The number of halogens is 1. The highest BCUT2D eigenvalue weighted by molar-refractivity contribution is 5.92. The number of aryl methyl sites for hydroxylation is 1. The minimum Gasteiger partial charge on any atom is -0.459 e. The van der Waals surface area contributed by atoms with Crippen LogP contribution < -0.4 is 16.0 Å². The Hall–Kier alpha value is -2.83. The van der Waals surface area contributed by atoms with Crippen LogP contribution in [0.1, 0.15) is 47.9 Å². The first-order valence-electron chi connectivity index (χ1n) is 10.2. The van der Waals surface area contributed by atoms with Gasteiger partial charge in [-0.05, 0) is 50.8 Å². The highest BCUT2D eigenvalue weighted by Gasteiger charge is 2.45. The number of hydrogen-bond acceptors (Lipinski definition) is 3. The van der Waals surface area contributed by atoms with Gasteiger partial charge in [0.05, 0.1) is 12.8 Å². The number of nitrogens with one attached hydrogen (secondary N) is 3. The van der Waals surface area contributed by atoms with Crippen molar-refractivity contribution in [3.8, 4) is 0 Å². The molecule has 7 heteroatoms. The summed E-state index contributed by atoms with van der Waals surface area (Å²) in [6.45, 7) is 6.34. The molecule has 2 aromatic rings. The molecule has 0 atom stereocenters. The van der Waals surface area contributed by atoms with Crippen LogP contribution in [-0.4, -0.2) is 38.0 Å². The molecule has 1 amide bonds. The summed E-state index contributed by atoms with van der Waals surface area (Å²) in [5, 5.41) is 9.35. The van der Waals surface area contributed by atoms with Gasteiger partial charge in [0.2, 0.25) is 0 Å². The zero-order valence-corrected chi connectivity index (χ0v) is 17.1. The Balaban J connectivity index is 1.46. The molecule has 1 heterocycles. The normalized spacial score (nSPS) is 15.1. The van der Waals surface area contributed by atoms with Crippen LogP contribution in [0.4, 0.5) is 4.39 Å². The minimum absolute atomic E-state index is 0.152. The van der Waals surface area contributed by atoms with Crippen LogP contribution in [0.3, 0.4) is 0 Å². The molecule has 1 saturated carbocycles. The van der Waals surface area contributed by atoms with Gasteiger partial charge in [-0.1, -0.05) is 18.2 Å². The third-order valence-corrected chi connectivity index (χ3v) is 5.18. The van der Waals surface area contributed by atoms with Gasteiger partial charge in [0.25, 0.3) is 5.91 Å². The summed E-state index contributed by atoms with van der Waals surface area (Å²) in [6.07, 6.45) is 4.16. The molecule has 0 bridgehead atoms. The van der Waals surface area contributed by atoms with Crippen molar-refractivity contribution in [3.63, 3.8) is 0 Å². The number of benzene rings is 1. The number of guanidine groups is 1. The van der Waals surface area contributed by atoms with Crippen LogP contribution in [-0.2, 0) is 5.41 Å². The molecule has 156 valence electrons. The Morgan fingerprint density at radius 2 is 1.93 bits per heavy atom. The highest BCUT2D eigenvalue weighted by Crippen LogP contribution is 2.49. The second-order valence-electron chi connectivity index (χ2n) is 7.42. The molecule has 29 heavy (non-hydrogen) atoms. The fraction of sp³-hybridized carbons (Fsp3) is 0.455. The van der Waals surface area contributed by atoms with Crippen LogP contribution in [0.2, 0.25) is 0 Å². The SMILES string of the molecule is CCNC(=NCC1(c2ccccc2F)CC1)NCCCNC(=O)c1occc1C. The molecule has 3 N–H and O–H groups in total. The number of hydrogen-bond donors (Lipinski definition) is 3. The standard InChI is InChI=1S/C22H29FN4O2/c1-3-24-21(26-13-6-12-25-20(28)19-16(2)9-14-29-19)27-15-22(10-11-22)17-7-4-5-8-18(17)23/h4-5,7-9,14H,3,6,10-13,15H2,1-2H3,(H,25,28)(H2,24,26,27). The molecule has 0 radical (unpaired) electrons. The molecular weight excluding hydrogens is 371 g/mol. The van der Waals surface area contributed by atoms with E-state index in [4.69, 9.17) is 4.42 Å². The summed E-state index contributed by atoms with van der Waals surface area (Å²) >= 11 is 0. The monoisotopic (exact) mass is 400 g/mol. The van der Waals surface area contributed by atoms with E-state index >= 15 is 0 Å². The van der Waals surface area contributed by atoms with Crippen LogP contribution in [0.15, 0.2) is 46.0 Å². The van der Waals surface area contributed by atoms with Crippen molar-refractivity contribution in [2.45, 2.75) is 38.5 Å². The van der Waals surface area contributed by atoms with Gasteiger partial charge >= 0.3 is 0 Å². The smallest absolute Gasteiger partial charge is 0.287 e. The van der Waals surface area contributed by atoms with Crippen LogP contribution >= 0.6 is 0 Å². The van der Waals surface area contributed by atoms with Gasteiger partial charge in [0, 0.05) is 30.6 Å². The summed E-state index contributed by atoms with van der Waals surface area (Å²) in [6, 6.07) is 8.74. The Bertz CT molecular complexity index is 858. The first kappa shape index (κ1) is 20.9. The van der Waals surface area contributed by atoms with Crippen molar-refractivity contribution in [3.05, 3.63) is 59.3 Å². The largest absolute Gasteiger partial charge is 0.459 e. The van der Waals surface area contributed by atoms with E-state index in [1.54, 1.807) is 12.1 Å². The van der Waals surface area contributed by atoms with Gasteiger partial charge in [0.1, 0.15) is 5.82 Å². The minimum atomic E-state index is -0.200. The van der Waals surface area contributed by atoms with Crippen molar-refractivity contribution in [2.24, 2.45) is 4.99 Å².